The molecule has 0 spiro atoms. The highest BCUT2D eigenvalue weighted by Crippen LogP contribution is 2.21. The van der Waals surface area contributed by atoms with Gasteiger partial charge >= 0.3 is 0 Å². The quantitative estimate of drug-likeness (QED) is 0.749. The number of likely N-dealkylation sites (N-methyl/N-ethyl adjacent to an activating group) is 1. The van der Waals surface area contributed by atoms with E-state index in [-0.39, 0.29) is 6.10 Å². The summed E-state index contributed by atoms with van der Waals surface area (Å²) in [6.45, 7) is 3.09. The molecule has 1 aromatic carbocycles. The van der Waals surface area contributed by atoms with Crippen molar-refractivity contribution < 1.29 is 9.84 Å². The number of hydrogen-bond acceptors (Lipinski definition) is 5. The third-order valence-corrected chi connectivity index (χ3v) is 3.64. The van der Waals surface area contributed by atoms with E-state index in [1.165, 1.54) is 0 Å². The second-order valence-electron chi connectivity index (χ2n) is 5.69. The third kappa shape index (κ3) is 4.10. The average molecular weight is 279 g/mol. The van der Waals surface area contributed by atoms with Crippen molar-refractivity contribution in [2.75, 3.05) is 46.1 Å². The molecule has 1 aliphatic heterocycles. The van der Waals surface area contributed by atoms with Gasteiger partial charge in [0.05, 0.1) is 11.8 Å². The van der Waals surface area contributed by atoms with Gasteiger partial charge < -0.3 is 20.5 Å². The Balaban J connectivity index is 1.82. The number of hydrogen-bond donors (Lipinski definition) is 2. The predicted octanol–water partition coefficient (Wildman–Crippen LogP) is 0.644. The van der Waals surface area contributed by atoms with E-state index in [1.54, 1.807) is 0 Å². The summed E-state index contributed by atoms with van der Waals surface area (Å²) >= 11 is 0. The molecule has 1 aliphatic rings. The van der Waals surface area contributed by atoms with Crippen LogP contribution >= 0.6 is 0 Å². The first-order valence-corrected chi connectivity index (χ1v) is 7.10. The number of nitrogens with two attached hydrogens (primary N) is 1. The minimum absolute atomic E-state index is 0.221. The van der Waals surface area contributed by atoms with Gasteiger partial charge in [0.25, 0.3) is 0 Å². The first kappa shape index (κ1) is 15.1. The lowest BCUT2D eigenvalue weighted by molar-refractivity contribution is 0.155. The van der Waals surface area contributed by atoms with Crippen molar-refractivity contribution in [3.05, 3.63) is 24.3 Å². The number of anilines is 1. The molecule has 1 saturated heterocycles. The van der Waals surface area contributed by atoms with Crippen LogP contribution in [-0.4, -0.2) is 67.4 Å². The predicted molar refractivity (Wildman–Crippen MR) is 80.9 cm³/mol. The Morgan fingerprint density at radius 1 is 1.40 bits per heavy atom. The van der Waals surface area contributed by atoms with Crippen molar-refractivity contribution >= 4 is 5.69 Å². The van der Waals surface area contributed by atoms with Crippen LogP contribution in [0.4, 0.5) is 5.69 Å². The van der Waals surface area contributed by atoms with E-state index in [9.17, 15) is 5.11 Å². The Morgan fingerprint density at radius 3 is 2.85 bits per heavy atom. The van der Waals surface area contributed by atoms with E-state index in [4.69, 9.17) is 10.5 Å². The van der Waals surface area contributed by atoms with Crippen molar-refractivity contribution in [2.24, 2.45) is 0 Å². The number of likely N-dealkylation sites (tertiary alicyclic amines) is 1. The molecule has 20 heavy (non-hydrogen) atoms. The normalized spacial score (nSPS) is 23.4. The maximum absolute atomic E-state index is 9.82. The highest BCUT2D eigenvalue weighted by molar-refractivity contribution is 5.51. The molecule has 1 heterocycles. The maximum Gasteiger partial charge on any atom is 0.142 e. The summed E-state index contributed by atoms with van der Waals surface area (Å²) in [5.74, 6) is 0.733. The fraction of sp³-hybridized carbons (Fsp3) is 0.600. The van der Waals surface area contributed by atoms with Crippen LogP contribution in [0.1, 0.15) is 6.42 Å². The summed E-state index contributed by atoms with van der Waals surface area (Å²) in [7, 11) is 4.12. The summed E-state index contributed by atoms with van der Waals surface area (Å²) in [6.07, 6.45) is 0.618. The van der Waals surface area contributed by atoms with Gasteiger partial charge in [-0.05, 0) is 32.6 Å². The van der Waals surface area contributed by atoms with Crippen LogP contribution in [0.3, 0.4) is 0 Å². The molecule has 2 unspecified atom stereocenters. The van der Waals surface area contributed by atoms with Crippen molar-refractivity contribution in [3.63, 3.8) is 0 Å². The Bertz CT molecular complexity index is 425. The molecule has 0 saturated carbocycles. The van der Waals surface area contributed by atoms with Gasteiger partial charge in [0.15, 0.2) is 0 Å². The van der Waals surface area contributed by atoms with Crippen molar-refractivity contribution in [3.8, 4) is 5.75 Å². The van der Waals surface area contributed by atoms with Gasteiger partial charge in [-0.3, -0.25) is 4.90 Å². The minimum atomic E-state index is -0.221. The van der Waals surface area contributed by atoms with Crippen molar-refractivity contribution in [1.82, 2.24) is 9.80 Å². The molecule has 112 valence electrons. The highest BCUT2D eigenvalue weighted by Gasteiger charge is 2.30. The summed E-state index contributed by atoms with van der Waals surface area (Å²) in [5.41, 5.74) is 6.51. The SMILES string of the molecule is CN(C)CC1CC(O)CN1CCOc1ccccc1N. The molecule has 0 aromatic heterocycles. The number of nitrogen functional groups attached to an aromatic ring is 1. The Hall–Kier alpha value is -1.30. The van der Waals surface area contributed by atoms with Crippen LogP contribution in [0.5, 0.6) is 5.75 Å². The Labute approximate surface area is 120 Å². The summed E-state index contributed by atoms with van der Waals surface area (Å²) < 4.78 is 5.73. The number of aliphatic hydroxyl groups excluding tert-OH is 1. The third-order valence-electron chi connectivity index (χ3n) is 3.64. The number of rotatable bonds is 6. The van der Waals surface area contributed by atoms with Gasteiger partial charge in [0.2, 0.25) is 0 Å². The van der Waals surface area contributed by atoms with Crippen molar-refractivity contribution in [1.29, 1.82) is 0 Å². The zero-order valence-corrected chi connectivity index (χ0v) is 12.3. The van der Waals surface area contributed by atoms with Crippen LogP contribution in [0, 0.1) is 0 Å². The van der Waals surface area contributed by atoms with Gasteiger partial charge in [-0.15, -0.1) is 0 Å². The molecule has 2 atom stereocenters. The molecule has 1 fully saturated rings. The smallest absolute Gasteiger partial charge is 0.142 e. The summed E-state index contributed by atoms with van der Waals surface area (Å²) in [4.78, 5) is 4.45. The van der Waals surface area contributed by atoms with Crippen LogP contribution in [-0.2, 0) is 0 Å². The summed E-state index contributed by atoms with van der Waals surface area (Å²) in [5, 5.41) is 9.82. The summed E-state index contributed by atoms with van der Waals surface area (Å²) in [6, 6.07) is 7.93. The standard InChI is InChI=1S/C15H25N3O2/c1-17(2)10-12-9-13(19)11-18(12)7-8-20-15-6-4-3-5-14(15)16/h3-6,12-13,19H,7-11,16H2,1-2H3. The molecule has 1 aromatic rings. The Morgan fingerprint density at radius 2 is 2.15 bits per heavy atom. The van der Waals surface area contributed by atoms with Gasteiger partial charge in [0.1, 0.15) is 12.4 Å². The number of β-amino-alcohol motifs (C(OH)–C–C–N with tert-alkyl or cyclic N) is 1. The molecule has 5 nitrogen and oxygen atoms in total. The average Bonchev–Trinajstić information content (AvgIpc) is 2.71. The van der Waals surface area contributed by atoms with E-state index < -0.39 is 0 Å². The van der Waals surface area contributed by atoms with Crippen LogP contribution in [0.25, 0.3) is 0 Å². The lowest BCUT2D eigenvalue weighted by atomic mass is 10.2. The maximum atomic E-state index is 9.82. The van der Waals surface area contributed by atoms with E-state index in [2.05, 4.69) is 23.9 Å². The van der Waals surface area contributed by atoms with E-state index in [0.717, 1.165) is 31.8 Å². The second-order valence-corrected chi connectivity index (χ2v) is 5.69. The number of para-hydroxylation sites is 2. The molecular weight excluding hydrogens is 254 g/mol. The van der Waals surface area contributed by atoms with Crippen LogP contribution < -0.4 is 10.5 Å². The molecule has 0 aliphatic carbocycles. The molecule has 5 heteroatoms. The number of ether oxygens (including phenoxy) is 1. The number of aliphatic hydroxyl groups is 1. The monoisotopic (exact) mass is 279 g/mol. The van der Waals surface area contributed by atoms with Gasteiger partial charge in [-0.1, -0.05) is 12.1 Å². The molecule has 3 N–H and O–H groups in total. The van der Waals surface area contributed by atoms with Crippen LogP contribution in [0.15, 0.2) is 24.3 Å². The lowest BCUT2D eigenvalue weighted by Crippen LogP contribution is -2.39. The van der Waals surface area contributed by atoms with E-state index >= 15 is 0 Å². The topological polar surface area (TPSA) is 62.0 Å². The molecule has 0 amide bonds. The first-order chi connectivity index (χ1) is 9.56. The van der Waals surface area contributed by atoms with Gasteiger partial charge in [0, 0.05) is 25.7 Å². The number of benzene rings is 1. The lowest BCUT2D eigenvalue weighted by Gasteiger charge is -2.26. The van der Waals surface area contributed by atoms with E-state index in [1.807, 2.05) is 24.3 Å². The fourth-order valence-corrected chi connectivity index (χ4v) is 2.73. The van der Waals surface area contributed by atoms with E-state index in [0.29, 0.717) is 18.3 Å². The largest absolute Gasteiger partial charge is 0.490 e. The minimum Gasteiger partial charge on any atom is -0.490 e. The van der Waals surface area contributed by atoms with Gasteiger partial charge in [-0.25, -0.2) is 0 Å². The molecular formula is C15H25N3O2. The van der Waals surface area contributed by atoms with Crippen molar-refractivity contribution in [2.45, 2.75) is 18.6 Å². The molecule has 2 rings (SSSR count). The molecule has 0 radical (unpaired) electrons. The van der Waals surface area contributed by atoms with Crippen LogP contribution in [0.2, 0.25) is 0 Å². The molecule has 0 bridgehead atoms. The highest BCUT2D eigenvalue weighted by atomic mass is 16.5. The number of nitrogens with zero attached hydrogens (tertiary/aromatic N) is 2. The Kier molecular flexibility index (Phi) is 5.23. The second kappa shape index (κ2) is 6.92. The zero-order chi connectivity index (χ0) is 14.5. The van der Waals surface area contributed by atoms with Gasteiger partial charge in [-0.2, -0.15) is 0 Å². The zero-order valence-electron chi connectivity index (χ0n) is 12.3. The first-order valence-electron chi connectivity index (χ1n) is 7.10. The fourth-order valence-electron chi connectivity index (χ4n) is 2.73.